The average Bonchev–Trinajstić information content (AvgIpc) is 2.97. The van der Waals surface area contributed by atoms with Crippen LogP contribution in [0.4, 0.5) is 0 Å². The largest absolute Gasteiger partial charge is 0.483 e. The maximum absolute atomic E-state index is 12.0. The Kier molecular flexibility index (Phi) is 10.2. The lowest BCUT2D eigenvalue weighted by Crippen LogP contribution is -2.43. The molecule has 0 saturated heterocycles. The molecule has 28 heavy (non-hydrogen) atoms. The minimum absolute atomic E-state index is 0. The first-order chi connectivity index (χ1) is 12.7. The zero-order valence-electron chi connectivity index (χ0n) is 16.4. The average molecular weight is 494 g/mol. The van der Waals surface area contributed by atoms with Crippen LogP contribution in [0.1, 0.15) is 26.3 Å². The van der Waals surface area contributed by atoms with Crippen LogP contribution in [-0.4, -0.2) is 50.6 Å². The van der Waals surface area contributed by atoms with Gasteiger partial charge in [0.2, 0.25) is 5.16 Å². The molecule has 2 rings (SSSR count). The quantitative estimate of drug-likeness (QED) is 0.409. The zero-order valence-corrected chi connectivity index (χ0v) is 19.6. The van der Waals surface area contributed by atoms with Crippen molar-refractivity contribution in [1.29, 1.82) is 0 Å². The number of carbonyl (C=O) groups excluding carboxylic acids is 1. The number of aryl methyl sites for hydroxylation is 1. The minimum Gasteiger partial charge on any atom is -0.483 e. The molecule has 2 aromatic rings. The number of carbonyl (C=O) groups is 1. The Hall–Kier alpha value is -1.36. The highest BCUT2D eigenvalue weighted by atomic mass is 79.9. The molecule has 8 nitrogen and oxygen atoms in total. The van der Waals surface area contributed by atoms with Crippen LogP contribution in [0, 0.1) is 0 Å². The van der Waals surface area contributed by atoms with Crippen molar-refractivity contribution in [2.75, 3.05) is 18.9 Å². The number of amides is 1. The molecule has 0 aliphatic rings. The van der Waals surface area contributed by atoms with Crippen molar-refractivity contribution in [2.24, 2.45) is 7.05 Å². The second-order valence-corrected chi connectivity index (χ2v) is 8.93. The second-order valence-electron chi connectivity index (χ2n) is 6.95. The smallest absolute Gasteiger partial charge is 0.258 e. The van der Waals surface area contributed by atoms with Crippen LogP contribution >= 0.6 is 40.1 Å². The van der Waals surface area contributed by atoms with Crippen molar-refractivity contribution in [2.45, 2.75) is 38.0 Å². The van der Waals surface area contributed by atoms with Gasteiger partial charge in [-0.2, -0.15) is 0 Å². The van der Waals surface area contributed by atoms with E-state index >= 15 is 0 Å². The summed E-state index contributed by atoms with van der Waals surface area (Å²) in [5.74, 6) is 1.39. The molecule has 0 unspecified atom stereocenters. The van der Waals surface area contributed by atoms with Gasteiger partial charge in [0.1, 0.15) is 5.75 Å². The van der Waals surface area contributed by atoms with Gasteiger partial charge in [0.25, 0.3) is 5.91 Å². The van der Waals surface area contributed by atoms with E-state index in [0.29, 0.717) is 12.3 Å². The second kappa shape index (κ2) is 11.6. The van der Waals surface area contributed by atoms with Crippen molar-refractivity contribution >= 4 is 46.0 Å². The SMILES string of the molecule is Cl.Cn1nnnc1SCCNCc1cc(Br)ccc1OCC(=O)NC(C)(C)C. The number of thioether (sulfide) groups is 1. The highest BCUT2D eigenvalue weighted by Gasteiger charge is 2.15. The summed E-state index contributed by atoms with van der Waals surface area (Å²) >= 11 is 5.07. The van der Waals surface area contributed by atoms with Gasteiger partial charge in [-0.25, -0.2) is 4.68 Å². The van der Waals surface area contributed by atoms with Gasteiger partial charge in [-0.1, -0.05) is 27.7 Å². The van der Waals surface area contributed by atoms with Crippen molar-refractivity contribution in [3.8, 4) is 5.75 Å². The molecule has 0 aliphatic heterocycles. The molecule has 1 aromatic carbocycles. The number of halogens is 2. The fourth-order valence-electron chi connectivity index (χ4n) is 2.21. The minimum atomic E-state index is -0.277. The molecular weight excluding hydrogens is 468 g/mol. The Bertz CT molecular complexity index is 768. The molecule has 1 aromatic heterocycles. The molecule has 11 heteroatoms. The Morgan fingerprint density at radius 2 is 2.11 bits per heavy atom. The van der Waals surface area contributed by atoms with E-state index in [1.54, 1.807) is 16.4 Å². The number of hydrogen-bond donors (Lipinski definition) is 2. The number of nitrogens with zero attached hydrogens (tertiary/aromatic N) is 4. The van der Waals surface area contributed by atoms with Gasteiger partial charge < -0.3 is 15.4 Å². The normalized spacial score (nSPS) is 11.0. The molecule has 156 valence electrons. The van der Waals surface area contributed by atoms with Gasteiger partial charge >= 0.3 is 0 Å². The fourth-order valence-corrected chi connectivity index (χ4v) is 3.36. The lowest BCUT2D eigenvalue weighted by molar-refractivity contribution is -0.124. The number of hydrogen-bond acceptors (Lipinski definition) is 7. The fraction of sp³-hybridized carbons (Fsp3) is 0.529. The molecule has 0 aliphatic carbocycles. The predicted molar refractivity (Wildman–Crippen MR) is 116 cm³/mol. The van der Waals surface area contributed by atoms with E-state index in [2.05, 4.69) is 42.1 Å². The Morgan fingerprint density at radius 3 is 2.75 bits per heavy atom. The van der Waals surface area contributed by atoms with Crippen molar-refractivity contribution in [1.82, 2.24) is 30.8 Å². The Labute approximate surface area is 184 Å². The van der Waals surface area contributed by atoms with Gasteiger partial charge in [0, 0.05) is 41.5 Å². The number of benzene rings is 1. The number of tetrazole rings is 1. The van der Waals surface area contributed by atoms with E-state index in [4.69, 9.17) is 4.74 Å². The van der Waals surface area contributed by atoms with Crippen LogP contribution in [0.25, 0.3) is 0 Å². The third-order valence-electron chi connectivity index (χ3n) is 3.30. The van der Waals surface area contributed by atoms with E-state index in [9.17, 15) is 4.79 Å². The van der Waals surface area contributed by atoms with Crippen LogP contribution in [0.2, 0.25) is 0 Å². The van der Waals surface area contributed by atoms with E-state index in [0.717, 1.165) is 27.5 Å². The van der Waals surface area contributed by atoms with Crippen molar-refractivity contribution < 1.29 is 9.53 Å². The van der Waals surface area contributed by atoms with Crippen LogP contribution < -0.4 is 15.4 Å². The maximum Gasteiger partial charge on any atom is 0.258 e. The summed E-state index contributed by atoms with van der Waals surface area (Å²) in [6.07, 6.45) is 0. The summed E-state index contributed by atoms with van der Waals surface area (Å²) < 4.78 is 8.33. The molecule has 0 spiro atoms. The molecule has 0 bridgehead atoms. The molecule has 1 amide bonds. The lowest BCUT2D eigenvalue weighted by atomic mass is 10.1. The molecule has 0 radical (unpaired) electrons. The lowest BCUT2D eigenvalue weighted by Gasteiger charge is -2.21. The predicted octanol–water partition coefficient (Wildman–Crippen LogP) is 2.57. The van der Waals surface area contributed by atoms with Crippen LogP contribution in [0.15, 0.2) is 27.8 Å². The maximum atomic E-state index is 12.0. The van der Waals surface area contributed by atoms with Crippen LogP contribution in [-0.2, 0) is 18.4 Å². The van der Waals surface area contributed by atoms with Crippen molar-refractivity contribution in [3.63, 3.8) is 0 Å². The monoisotopic (exact) mass is 492 g/mol. The molecule has 0 fully saturated rings. The number of ether oxygens (including phenoxy) is 1. The first kappa shape index (κ1) is 24.7. The molecule has 1 heterocycles. The highest BCUT2D eigenvalue weighted by Crippen LogP contribution is 2.23. The summed E-state index contributed by atoms with van der Waals surface area (Å²) in [5, 5.41) is 18.4. The van der Waals surface area contributed by atoms with Gasteiger partial charge in [0.05, 0.1) is 0 Å². The van der Waals surface area contributed by atoms with Gasteiger partial charge in [-0.3, -0.25) is 4.79 Å². The summed E-state index contributed by atoms with van der Waals surface area (Å²) in [6.45, 7) is 7.22. The van der Waals surface area contributed by atoms with Crippen LogP contribution in [0.3, 0.4) is 0 Å². The first-order valence-corrected chi connectivity index (χ1v) is 10.3. The molecular formula is C17H26BrClN6O2S. The van der Waals surface area contributed by atoms with E-state index in [1.807, 2.05) is 46.0 Å². The molecule has 0 saturated carbocycles. The third kappa shape index (κ3) is 8.76. The van der Waals surface area contributed by atoms with Crippen molar-refractivity contribution in [3.05, 3.63) is 28.2 Å². The van der Waals surface area contributed by atoms with Gasteiger partial charge in [-0.05, 0) is 49.4 Å². The molecule has 2 N–H and O–H groups in total. The zero-order chi connectivity index (χ0) is 19.9. The number of nitrogens with one attached hydrogen (secondary N) is 2. The third-order valence-corrected chi connectivity index (χ3v) is 4.81. The van der Waals surface area contributed by atoms with Gasteiger partial charge in [-0.15, -0.1) is 17.5 Å². The standard InChI is InChI=1S/C17H25BrN6O2S.ClH/c1-17(2,3)20-15(25)11-26-14-6-5-13(18)9-12(14)10-19-7-8-27-16-21-22-23-24(16)4;/h5-6,9,19H,7-8,10-11H2,1-4H3,(H,20,25);1H. The Morgan fingerprint density at radius 1 is 1.36 bits per heavy atom. The topological polar surface area (TPSA) is 94.0 Å². The van der Waals surface area contributed by atoms with Gasteiger partial charge in [0.15, 0.2) is 6.61 Å². The Balaban J connectivity index is 0.00000392. The van der Waals surface area contributed by atoms with E-state index in [-0.39, 0.29) is 30.5 Å². The first-order valence-electron chi connectivity index (χ1n) is 8.53. The number of aromatic nitrogens is 4. The van der Waals surface area contributed by atoms with E-state index in [1.165, 1.54) is 0 Å². The highest BCUT2D eigenvalue weighted by molar-refractivity contribution is 9.10. The summed E-state index contributed by atoms with van der Waals surface area (Å²) in [6, 6.07) is 5.76. The molecule has 0 atom stereocenters. The van der Waals surface area contributed by atoms with E-state index < -0.39 is 0 Å². The summed E-state index contributed by atoms with van der Waals surface area (Å²) in [7, 11) is 1.82. The van der Waals surface area contributed by atoms with Crippen LogP contribution in [0.5, 0.6) is 5.75 Å². The summed E-state index contributed by atoms with van der Waals surface area (Å²) in [4.78, 5) is 12.0. The summed E-state index contributed by atoms with van der Waals surface area (Å²) in [5.41, 5.74) is 0.707. The number of rotatable bonds is 9.